The summed E-state index contributed by atoms with van der Waals surface area (Å²) in [7, 11) is 0. The molecule has 0 aliphatic carbocycles. The lowest BCUT2D eigenvalue weighted by atomic mass is 9.73. The van der Waals surface area contributed by atoms with Gasteiger partial charge in [-0.3, -0.25) is 9.59 Å². The van der Waals surface area contributed by atoms with Gasteiger partial charge in [0, 0.05) is 29.5 Å². The zero-order valence-corrected chi connectivity index (χ0v) is 18.7. The van der Waals surface area contributed by atoms with E-state index >= 15 is 0 Å². The molecular weight excluding hydrogens is 420 g/mol. The van der Waals surface area contributed by atoms with Gasteiger partial charge in [0.15, 0.2) is 11.5 Å². The van der Waals surface area contributed by atoms with Crippen LogP contribution in [0, 0.1) is 17.8 Å². The van der Waals surface area contributed by atoms with Gasteiger partial charge in [-0.15, -0.1) is 0 Å². The van der Waals surface area contributed by atoms with Crippen molar-refractivity contribution >= 4 is 11.8 Å². The fourth-order valence-electron chi connectivity index (χ4n) is 4.88. The molecule has 5 rings (SSSR count). The van der Waals surface area contributed by atoms with Crippen LogP contribution in [0.5, 0.6) is 11.5 Å². The SMILES string of the molecule is CC(C)C#Cc1ccc([C@H]2[C@H]3CN(C(=O)c4ccc5c(c4)OCO5)CC(=O)N3[C@H]2CO)cc1. The number of amides is 2. The average Bonchev–Trinajstić information content (AvgIpc) is 3.27. The number of fused-ring (bicyclic) bond motifs is 2. The minimum absolute atomic E-state index is 0.00325. The molecular formula is C26H26N2O5. The van der Waals surface area contributed by atoms with E-state index < -0.39 is 0 Å². The van der Waals surface area contributed by atoms with Crippen molar-refractivity contribution < 1.29 is 24.2 Å². The molecule has 3 atom stereocenters. The highest BCUT2D eigenvalue weighted by molar-refractivity contribution is 5.98. The normalized spacial score (nSPS) is 23.0. The molecule has 2 aromatic rings. The minimum atomic E-state index is -0.280. The Morgan fingerprint density at radius 3 is 2.64 bits per heavy atom. The number of aliphatic hydroxyl groups excluding tert-OH is 1. The van der Waals surface area contributed by atoms with Crippen LogP contribution < -0.4 is 9.47 Å². The Bertz CT molecular complexity index is 1150. The Morgan fingerprint density at radius 1 is 1.15 bits per heavy atom. The molecule has 0 bridgehead atoms. The van der Waals surface area contributed by atoms with Gasteiger partial charge in [0.1, 0.15) is 6.54 Å². The number of carbonyl (C=O) groups excluding carboxylic acids is 2. The molecule has 7 heteroatoms. The first-order chi connectivity index (χ1) is 16.0. The summed E-state index contributed by atoms with van der Waals surface area (Å²) in [6.07, 6.45) is 0. The number of nitrogens with zero attached hydrogens (tertiary/aromatic N) is 2. The van der Waals surface area contributed by atoms with E-state index in [0.29, 0.717) is 29.5 Å². The van der Waals surface area contributed by atoms with Crippen LogP contribution in [0.15, 0.2) is 42.5 Å². The molecule has 0 aromatic heterocycles. The Morgan fingerprint density at radius 2 is 1.91 bits per heavy atom. The van der Waals surface area contributed by atoms with Crippen LogP contribution in [-0.2, 0) is 4.79 Å². The van der Waals surface area contributed by atoms with Gasteiger partial charge in [-0.05, 0) is 35.9 Å². The predicted molar refractivity (Wildman–Crippen MR) is 121 cm³/mol. The molecule has 3 heterocycles. The van der Waals surface area contributed by atoms with Crippen LogP contribution >= 0.6 is 0 Å². The minimum Gasteiger partial charge on any atom is -0.454 e. The molecule has 170 valence electrons. The zero-order chi connectivity index (χ0) is 23.1. The number of hydrogen-bond donors (Lipinski definition) is 1. The summed E-state index contributed by atoms with van der Waals surface area (Å²) in [5.41, 5.74) is 2.43. The summed E-state index contributed by atoms with van der Waals surface area (Å²) in [5, 5.41) is 9.99. The summed E-state index contributed by atoms with van der Waals surface area (Å²) in [4.78, 5) is 29.4. The van der Waals surface area contributed by atoms with Crippen molar-refractivity contribution in [1.29, 1.82) is 0 Å². The first kappa shape index (κ1) is 21.4. The number of rotatable bonds is 3. The molecule has 1 N–H and O–H groups in total. The van der Waals surface area contributed by atoms with E-state index in [9.17, 15) is 14.7 Å². The number of aliphatic hydroxyl groups is 1. The summed E-state index contributed by atoms with van der Waals surface area (Å²) in [6, 6.07) is 12.6. The van der Waals surface area contributed by atoms with Gasteiger partial charge in [-0.2, -0.15) is 0 Å². The highest BCUT2D eigenvalue weighted by Gasteiger charge is 2.54. The number of piperazine rings is 1. The maximum atomic E-state index is 13.2. The molecule has 2 amide bonds. The molecule has 2 fully saturated rings. The second-order valence-corrected chi connectivity index (χ2v) is 8.94. The van der Waals surface area contributed by atoms with Crippen molar-refractivity contribution in [2.24, 2.45) is 5.92 Å². The van der Waals surface area contributed by atoms with Crippen LogP contribution in [-0.4, -0.2) is 65.3 Å². The Balaban J connectivity index is 1.36. The fourth-order valence-corrected chi connectivity index (χ4v) is 4.88. The van der Waals surface area contributed by atoms with Crippen LogP contribution in [0.3, 0.4) is 0 Å². The van der Waals surface area contributed by atoms with Crippen molar-refractivity contribution in [3.8, 4) is 23.3 Å². The third kappa shape index (κ3) is 3.81. The van der Waals surface area contributed by atoms with E-state index in [-0.39, 0.29) is 49.8 Å². The molecule has 0 unspecified atom stereocenters. The second-order valence-electron chi connectivity index (χ2n) is 8.94. The van der Waals surface area contributed by atoms with Gasteiger partial charge in [-0.1, -0.05) is 37.8 Å². The average molecular weight is 447 g/mol. The van der Waals surface area contributed by atoms with Gasteiger partial charge in [0.05, 0.1) is 18.7 Å². The van der Waals surface area contributed by atoms with Crippen molar-refractivity contribution in [2.75, 3.05) is 26.5 Å². The largest absolute Gasteiger partial charge is 0.454 e. The number of ether oxygens (including phenoxy) is 2. The number of benzene rings is 2. The Kier molecular flexibility index (Phi) is 5.47. The molecule has 0 radical (unpaired) electrons. The lowest BCUT2D eigenvalue weighted by Gasteiger charge is -2.58. The molecule has 2 saturated heterocycles. The third-order valence-electron chi connectivity index (χ3n) is 6.46. The zero-order valence-electron chi connectivity index (χ0n) is 18.7. The summed E-state index contributed by atoms with van der Waals surface area (Å²) < 4.78 is 10.7. The molecule has 3 aliphatic rings. The molecule has 0 saturated carbocycles. The van der Waals surface area contributed by atoms with E-state index in [1.165, 1.54) is 0 Å². The van der Waals surface area contributed by atoms with Crippen molar-refractivity contribution in [3.05, 3.63) is 59.2 Å². The second kappa shape index (κ2) is 8.45. The maximum absolute atomic E-state index is 13.2. The van der Waals surface area contributed by atoms with Gasteiger partial charge in [-0.25, -0.2) is 0 Å². The van der Waals surface area contributed by atoms with Gasteiger partial charge < -0.3 is 24.4 Å². The van der Waals surface area contributed by atoms with Crippen LogP contribution in [0.1, 0.15) is 41.3 Å². The lowest BCUT2D eigenvalue weighted by Crippen LogP contribution is -2.73. The predicted octanol–water partition coefficient (Wildman–Crippen LogP) is 2.23. The van der Waals surface area contributed by atoms with Gasteiger partial charge in [0.25, 0.3) is 5.91 Å². The molecule has 3 aliphatic heterocycles. The summed E-state index contributed by atoms with van der Waals surface area (Å²) in [6.45, 7) is 4.53. The quantitative estimate of drug-likeness (QED) is 0.732. The molecule has 0 spiro atoms. The lowest BCUT2D eigenvalue weighted by molar-refractivity contribution is -0.159. The van der Waals surface area contributed by atoms with E-state index in [0.717, 1.165) is 11.1 Å². The first-order valence-electron chi connectivity index (χ1n) is 11.2. The van der Waals surface area contributed by atoms with E-state index in [1.807, 2.05) is 38.1 Å². The number of carbonyl (C=O) groups is 2. The number of hydrogen-bond acceptors (Lipinski definition) is 5. The Hall–Kier alpha value is -3.50. The van der Waals surface area contributed by atoms with E-state index in [2.05, 4.69) is 11.8 Å². The smallest absolute Gasteiger partial charge is 0.254 e. The highest BCUT2D eigenvalue weighted by Crippen LogP contribution is 2.43. The van der Waals surface area contributed by atoms with E-state index in [4.69, 9.17) is 9.47 Å². The van der Waals surface area contributed by atoms with Crippen molar-refractivity contribution in [1.82, 2.24) is 9.80 Å². The monoisotopic (exact) mass is 446 g/mol. The molecule has 2 aromatic carbocycles. The topological polar surface area (TPSA) is 79.3 Å². The van der Waals surface area contributed by atoms with Crippen LogP contribution in [0.25, 0.3) is 0 Å². The summed E-state index contributed by atoms with van der Waals surface area (Å²) in [5.74, 6) is 7.35. The molecule has 33 heavy (non-hydrogen) atoms. The third-order valence-corrected chi connectivity index (χ3v) is 6.46. The maximum Gasteiger partial charge on any atom is 0.254 e. The summed E-state index contributed by atoms with van der Waals surface area (Å²) >= 11 is 0. The fraction of sp³-hybridized carbons (Fsp3) is 0.385. The highest BCUT2D eigenvalue weighted by atomic mass is 16.7. The van der Waals surface area contributed by atoms with Gasteiger partial charge >= 0.3 is 0 Å². The molecule has 7 nitrogen and oxygen atoms in total. The van der Waals surface area contributed by atoms with Crippen molar-refractivity contribution in [3.63, 3.8) is 0 Å². The van der Waals surface area contributed by atoms with E-state index in [1.54, 1.807) is 28.0 Å². The van der Waals surface area contributed by atoms with Gasteiger partial charge in [0.2, 0.25) is 12.7 Å². The van der Waals surface area contributed by atoms with Crippen LogP contribution in [0.2, 0.25) is 0 Å². The van der Waals surface area contributed by atoms with Crippen molar-refractivity contribution in [2.45, 2.75) is 31.8 Å². The standard InChI is InChI=1S/C26H26N2O5/c1-16(2)3-4-17-5-7-18(8-6-17)25-20-12-27(13-24(30)28(20)21(25)14-29)26(31)19-9-10-22-23(11-19)33-15-32-22/h5-11,16,20-21,25,29H,12-15H2,1-2H3/t20-,21+,25+/m1/s1. The van der Waals surface area contributed by atoms with Crippen LogP contribution in [0.4, 0.5) is 0 Å². The first-order valence-corrected chi connectivity index (χ1v) is 11.2. The Labute approximate surface area is 192 Å².